The highest BCUT2D eigenvalue weighted by Gasteiger charge is 2.15. The summed E-state index contributed by atoms with van der Waals surface area (Å²) < 4.78 is 5.21. The van der Waals surface area contributed by atoms with Crippen LogP contribution in [0.2, 0.25) is 0 Å². The lowest BCUT2D eigenvalue weighted by atomic mass is 10.1. The first-order valence-electron chi connectivity index (χ1n) is 8.75. The Bertz CT molecular complexity index is 979. The summed E-state index contributed by atoms with van der Waals surface area (Å²) in [6.45, 7) is 3.79. The van der Waals surface area contributed by atoms with Crippen LogP contribution in [-0.4, -0.2) is 23.4 Å². The van der Waals surface area contributed by atoms with E-state index in [9.17, 15) is 9.59 Å². The second-order valence-electron chi connectivity index (χ2n) is 6.38. The fourth-order valence-electron chi connectivity index (χ4n) is 2.67. The first-order chi connectivity index (χ1) is 13.4. The summed E-state index contributed by atoms with van der Waals surface area (Å²) in [5, 5.41) is 3.80. The normalized spacial score (nSPS) is 10.5. The SMILES string of the molecule is Cc1ccc(-c2nc(C)sc2CC(=O)Nc2ccc(OCC(N)=O)cc2)cc1. The zero-order chi connectivity index (χ0) is 20.1. The van der Waals surface area contributed by atoms with E-state index >= 15 is 0 Å². The lowest BCUT2D eigenvalue weighted by Gasteiger charge is -2.08. The Morgan fingerprint density at radius 1 is 1.07 bits per heavy atom. The Morgan fingerprint density at radius 3 is 2.39 bits per heavy atom. The van der Waals surface area contributed by atoms with Gasteiger partial charge in [-0.05, 0) is 38.1 Å². The van der Waals surface area contributed by atoms with Crippen molar-refractivity contribution in [3.05, 3.63) is 64.0 Å². The van der Waals surface area contributed by atoms with Crippen molar-refractivity contribution in [3.8, 4) is 17.0 Å². The molecule has 0 radical (unpaired) electrons. The summed E-state index contributed by atoms with van der Waals surface area (Å²) >= 11 is 1.53. The summed E-state index contributed by atoms with van der Waals surface area (Å²) in [5.74, 6) is -0.152. The van der Waals surface area contributed by atoms with Gasteiger partial charge >= 0.3 is 0 Å². The lowest BCUT2D eigenvalue weighted by Crippen LogP contribution is -2.20. The maximum Gasteiger partial charge on any atom is 0.255 e. The molecule has 0 atom stereocenters. The molecule has 28 heavy (non-hydrogen) atoms. The van der Waals surface area contributed by atoms with Gasteiger partial charge in [0, 0.05) is 16.1 Å². The van der Waals surface area contributed by atoms with Gasteiger partial charge in [0.25, 0.3) is 5.91 Å². The van der Waals surface area contributed by atoms with Gasteiger partial charge in [-0.1, -0.05) is 29.8 Å². The molecule has 3 N–H and O–H groups in total. The number of nitrogens with one attached hydrogen (secondary N) is 1. The molecule has 0 aliphatic carbocycles. The van der Waals surface area contributed by atoms with E-state index in [1.165, 1.54) is 16.9 Å². The number of anilines is 1. The third-order valence-electron chi connectivity index (χ3n) is 3.97. The van der Waals surface area contributed by atoms with Crippen LogP contribution in [-0.2, 0) is 16.0 Å². The first kappa shape index (κ1) is 19.6. The number of rotatable bonds is 7. The number of ether oxygens (including phenoxy) is 1. The van der Waals surface area contributed by atoms with Crippen molar-refractivity contribution in [3.63, 3.8) is 0 Å². The molecule has 0 aliphatic heterocycles. The average Bonchev–Trinajstić information content (AvgIpc) is 3.01. The second kappa shape index (κ2) is 8.67. The fourth-order valence-corrected chi connectivity index (χ4v) is 3.62. The van der Waals surface area contributed by atoms with Gasteiger partial charge in [0.2, 0.25) is 5.91 Å². The van der Waals surface area contributed by atoms with Crippen molar-refractivity contribution in [2.75, 3.05) is 11.9 Å². The van der Waals surface area contributed by atoms with E-state index in [-0.39, 0.29) is 18.9 Å². The summed E-state index contributed by atoms with van der Waals surface area (Å²) in [4.78, 5) is 28.8. The highest BCUT2D eigenvalue weighted by Crippen LogP contribution is 2.29. The first-order valence-corrected chi connectivity index (χ1v) is 9.57. The molecule has 2 amide bonds. The van der Waals surface area contributed by atoms with E-state index in [0.717, 1.165) is 21.1 Å². The third-order valence-corrected chi connectivity index (χ3v) is 4.94. The second-order valence-corrected chi connectivity index (χ2v) is 7.66. The standard InChI is InChI=1S/C21H21N3O3S/c1-13-3-5-15(6-4-13)21-18(28-14(2)23-21)11-20(26)24-16-7-9-17(10-8-16)27-12-19(22)25/h3-10H,11-12H2,1-2H3,(H2,22,25)(H,24,26). The van der Waals surface area contributed by atoms with Gasteiger partial charge in [-0.2, -0.15) is 0 Å². The van der Waals surface area contributed by atoms with Crippen molar-refractivity contribution in [2.45, 2.75) is 20.3 Å². The molecule has 0 saturated heterocycles. The van der Waals surface area contributed by atoms with Crippen LogP contribution in [0.3, 0.4) is 0 Å². The van der Waals surface area contributed by atoms with Crippen molar-refractivity contribution in [1.29, 1.82) is 0 Å². The van der Waals surface area contributed by atoms with Crippen LogP contribution >= 0.6 is 11.3 Å². The lowest BCUT2D eigenvalue weighted by molar-refractivity contribution is -0.120. The molecule has 0 aliphatic rings. The Morgan fingerprint density at radius 2 is 1.75 bits per heavy atom. The average molecular weight is 395 g/mol. The molecule has 0 fully saturated rings. The molecule has 6 nitrogen and oxygen atoms in total. The van der Waals surface area contributed by atoms with Gasteiger partial charge in [0.05, 0.1) is 17.1 Å². The Labute approximate surface area is 167 Å². The summed E-state index contributed by atoms with van der Waals surface area (Å²) in [6.07, 6.45) is 0.245. The van der Waals surface area contributed by atoms with Crippen LogP contribution in [0.1, 0.15) is 15.4 Å². The van der Waals surface area contributed by atoms with Gasteiger partial charge in [0.15, 0.2) is 6.61 Å². The number of amides is 2. The van der Waals surface area contributed by atoms with E-state index < -0.39 is 5.91 Å². The quantitative estimate of drug-likeness (QED) is 0.640. The molecule has 2 aromatic carbocycles. The largest absolute Gasteiger partial charge is 0.484 e. The van der Waals surface area contributed by atoms with Crippen LogP contribution in [0.15, 0.2) is 48.5 Å². The summed E-state index contributed by atoms with van der Waals surface area (Å²) in [5.41, 5.74) is 8.74. The third kappa shape index (κ3) is 5.17. The Kier molecular flexibility index (Phi) is 6.06. The van der Waals surface area contributed by atoms with Gasteiger partial charge < -0.3 is 15.8 Å². The van der Waals surface area contributed by atoms with Crippen LogP contribution in [0, 0.1) is 13.8 Å². The zero-order valence-corrected chi connectivity index (χ0v) is 16.5. The molecule has 1 heterocycles. The van der Waals surface area contributed by atoms with E-state index in [0.29, 0.717) is 11.4 Å². The monoisotopic (exact) mass is 395 g/mol. The highest BCUT2D eigenvalue weighted by atomic mass is 32.1. The number of carbonyl (C=O) groups is 2. The van der Waals surface area contributed by atoms with Crippen molar-refractivity contribution in [1.82, 2.24) is 4.98 Å². The van der Waals surface area contributed by atoms with Crippen LogP contribution in [0.4, 0.5) is 5.69 Å². The van der Waals surface area contributed by atoms with Gasteiger partial charge in [0.1, 0.15) is 5.75 Å². The molecule has 0 unspecified atom stereocenters. The number of carbonyl (C=O) groups excluding carboxylic acids is 2. The minimum atomic E-state index is -0.540. The minimum Gasteiger partial charge on any atom is -0.484 e. The smallest absolute Gasteiger partial charge is 0.255 e. The number of thiazole rings is 1. The number of aryl methyl sites for hydroxylation is 2. The van der Waals surface area contributed by atoms with E-state index in [2.05, 4.69) is 10.3 Å². The number of nitrogens with two attached hydrogens (primary N) is 1. The minimum absolute atomic E-state index is 0.122. The van der Waals surface area contributed by atoms with Gasteiger partial charge in [-0.25, -0.2) is 4.98 Å². The molecule has 3 rings (SSSR count). The molecule has 0 spiro atoms. The molecule has 3 aromatic rings. The number of aromatic nitrogens is 1. The number of nitrogens with zero attached hydrogens (tertiary/aromatic N) is 1. The predicted molar refractivity (Wildman–Crippen MR) is 110 cm³/mol. The Balaban J connectivity index is 1.67. The molecule has 0 saturated carbocycles. The van der Waals surface area contributed by atoms with Gasteiger partial charge in [-0.3, -0.25) is 9.59 Å². The van der Waals surface area contributed by atoms with Crippen LogP contribution < -0.4 is 15.8 Å². The van der Waals surface area contributed by atoms with Crippen molar-refractivity contribution in [2.24, 2.45) is 5.73 Å². The molecular formula is C21H21N3O3S. The topological polar surface area (TPSA) is 94.3 Å². The number of primary amides is 1. The number of hydrogen-bond donors (Lipinski definition) is 2. The van der Waals surface area contributed by atoms with E-state index in [1.54, 1.807) is 24.3 Å². The molecule has 1 aromatic heterocycles. The molecular weight excluding hydrogens is 374 g/mol. The summed E-state index contributed by atoms with van der Waals surface area (Å²) in [6, 6.07) is 14.9. The maximum absolute atomic E-state index is 12.5. The van der Waals surface area contributed by atoms with Crippen molar-refractivity contribution < 1.29 is 14.3 Å². The molecule has 0 bridgehead atoms. The molecule has 7 heteroatoms. The zero-order valence-electron chi connectivity index (χ0n) is 15.7. The van der Waals surface area contributed by atoms with Crippen molar-refractivity contribution >= 4 is 28.8 Å². The highest BCUT2D eigenvalue weighted by molar-refractivity contribution is 7.12. The Hall–Kier alpha value is -3.19. The fraction of sp³-hybridized carbons (Fsp3) is 0.190. The summed E-state index contributed by atoms with van der Waals surface area (Å²) in [7, 11) is 0. The van der Waals surface area contributed by atoms with E-state index in [4.69, 9.17) is 10.5 Å². The van der Waals surface area contributed by atoms with Crippen LogP contribution in [0.5, 0.6) is 5.75 Å². The number of hydrogen-bond acceptors (Lipinski definition) is 5. The van der Waals surface area contributed by atoms with Gasteiger partial charge in [-0.15, -0.1) is 11.3 Å². The molecule has 144 valence electrons. The van der Waals surface area contributed by atoms with E-state index in [1.807, 2.05) is 38.1 Å². The number of benzene rings is 2. The van der Waals surface area contributed by atoms with Crippen LogP contribution in [0.25, 0.3) is 11.3 Å². The predicted octanol–water partition coefficient (Wildman–Crippen LogP) is 3.47. The maximum atomic E-state index is 12.5.